The smallest absolute Gasteiger partial charge is 0.167 e. The van der Waals surface area contributed by atoms with Crippen LogP contribution in [0.25, 0.3) is 120 Å². The maximum absolute atomic E-state index is 6.61. The monoisotopic (exact) mass is 772 g/mol. The molecule has 0 radical (unpaired) electrons. The maximum Gasteiger partial charge on any atom is 0.167 e. The molecule has 0 amide bonds. The molecule has 0 bridgehead atoms. The molecule has 8 aromatic carbocycles. The highest BCUT2D eigenvalue weighted by molar-refractivity contribution is 7.26. The number of para-hydroxylation sites is 2. The molecule has 0 aliphatic heterocycles. The third-order valence-corrected chi connectivity index (χ3v) is 13.3. The van der Waals surface area contributed by atoms with Gasteiger partial charge in [0, 0.05) is 53.0 Å². The molecule has 5 nitrogen and oxygen atoms in total. The average molecular weight is 773 g/mol. The minimum Gasteiger partial charge on any atom is -0.456 e. The summed E-state index contributed by atoms with van der Waals surface area (Å²) in [5, 5.41) is 10.7. The first-order valence-electron chi connectivity index (χ1n) is 20.1. The zero-order valence-corrected chi connectivity index (χ0v) is 32.5. The second-order valence-electron chi connectivity index (χ2n) is 15.4. The van der Waals surface area contributed by atoms with Gasteiger partial charge in [-0.1, -0.05) is 121 Å². The Morgan fingerprint density at radius 1 is 0.508 bits per heavy atom. The van der Waals surface area contributed by atoms with E-state index < -0.39 is 0 Å². The van der Waals surface area contributed by atoms with Crippen molar-refractivity contribution in [2.45, 2.75) is 12.8 Å². The first-order chi connectivity index (χ1) is 29.2. The number of aryl methyl sites for hydroxylation is 1. The molecule has 59 heavy (non-hydrogen) atoms. The van der Waals surface area contributed by atoms with Crippen molar-refractivity contribution in [1.82, 2.24) is 19.5 Å². The summed E-state index contributed by atoms with van der Waals surface area (Å²) in [6, 6.07) is 56.4. The Morgan fingerprint density at radius 2 is 1.17 bits per heavy atom. The summed E-state index contributed by atoms with van der Waals surface area (Å²) in [5.41, 5.74) is 8.33. The number of rotatable bonds is 4. The fraction of sp³-hybridized carbons (Fsp3) is 0.0377. The van der Waals surface area contributed by atoms with Crippen LogP contribution in [0.1, 0.15) is 17.7 Å². The molecule has 0 unspecified atom stereocenters. The molecule has 276 valence electrons. The first-order valence-corrected chi connectivity index (χ1v) is 20.9. The van der Waals surface area contributed by atoms with Crippen molar-refractivity contribution >= 4 is 91.9 Å². The lowest BCUT2D eigenvalue weighted by Crippen LogP contribution is -2.02. The summed E-state index contributed by atoms with van der Waals surface area (Å²) < 4.78 is 11.4. The third kappa shape index (κ3) is 4.87. The SMILES string of the molecule is C1=Cc2oc3c(-c4nc(-c5cccc6ccccc56)nc(-c5ccc(-n6c7ccccc7c7cc8ccccc8cc76)c6c5sc5ccccc56)n4)cccc3c2CC1. The number of benzene rings is 8. The van der Waals surface area contributed by atoms with Crippen molar-refractivity contribution < 1.29 is 4.42 Å². The lowest BCUT2D eigenvalue weighted by atomic mass is 10.00. The summed E-state index contributed by atoms with van der Waals surface area (Å²) in [7, 11) is 0. The predicted molar refractivity (Wildman–Crippen MR) is 246 cm³/mol. The number of allylic oxidation sites excluding steroid dienone is 1. The van der Waals surface area contributed by atoms with Gasteiger partial charge in [0.2, 0.25) is 0 Å². The van der Waals surface area contributed by atoms with Crippen molar-refractivity contribution in [3.8, 4) is 39.9 Å². The maximum atomic E-state index is 6.61. The van der Waals surface area contributed by atoms with E-state index in [2.05, 4.69) is 174 Å². The molecule has 12 aromatic rings. The van der Waals surface area contributed by atoms with Crippen LogP contribution in [0.5, 0.6) is 0 Å². The van der Waals surface area contributed by atoms with Crippen LogP contribution in [0.2, 0.25) is 0 Å². The van der Waals surface area contributed by atoms with Crippen LogP contribution in [-0.4, -0.2) is 19.5 Å². The third-order valence-electron chi connectivity index (χ3n) is 12.1. The van der Waals surface area contributed by atoms with E-state index in [-0.39, 0.29) is 0 Å². The molecule has 1 aliphatic rings. The number of hydrogen-bond donors (Lipinski definition) is 0. The zero-order chi connectivity index (χ0) is 38.6. The lowest BCUT2D eigenvalue weighted by Gasteiger charge is -2.14. The topological polar surface area (TPSA) is 56.7 Å². The molecule has 0 saturated heterocycles. The van der Waals surface area contributed by atoms with Crippen molar-refractivity contribution in [2.75, 3.05) is 0 Å². The van der Waals surface area contributed by atoms with E-state index in [0.717, 1.165) is 67.4 Å². The van der Waals surface area contributed by atoms with Gasteiger partial charge in [0.15, 0.2) is 17.5 Å². The fourth-order valence-electron chi connectivity index (χ4n) is 9.42. The second-order valence-corrected chi connectivity index (χ2v) is 16.5. The summed E-state index contributed by atoms with van der Waals surface area (Å²) >= 11 is 1.79. The van der Waals surface area contributed by atoms with Gasteiger partial charge in [-0.05, 0) is 82.9 Å². The molecule has 13 rings (SSSR count). The Bertz CT molecular complexity index is 3750. The lowest BCUT2D eigenvalue weighted by molar-refractivity contribution is 0.596. The van der Waals surface area contributed by atoms with Crippen LogP contribution in [0.15, 0.2) is 168 Å². The van der Waals surface area contributed by atoms with Crippen LogP contribution < -0.4 is 0 Å². The van der Waals surface area contributed by atoms with E-state index in [9.17, 15) is 0 Å². The Balaban J connectivity index is 1.11. The molecule has 4 heterocycles. The van der Waals surface area contributed by atoms with Crippen LogP contribution >= 0.6 is 11.3 Å². The van der Waals surface area contributed by atoms with E-state index >= 15 is 0 Å². The summed E-state index contributed by atoms with van der Waals surface area (Å²) in [5.74, 6) is 2.76. The van der Waals surface area contributed by atoms with Crippen molar-refractivity contribution in [3.05, 3.63) is 175 Å². The first kappa shape index (κ1) is 32.7. The Kier molecular flexibility index (Phi) is 6.94. The Morgan fingerprint density at radius 3 is 2.05 bits per heavy atom. The van der Waals surface area contributed by atoms with E-state index in [1.54, 1.807) is 11.3 Å². The zero-order valence-electron chi connectivity index (χ0n) is 31.7. The molecular weight excluding hydrogens is 741 g/mol. The quantitative estimate of drug-likeness (QED) is 0.179. The van der Waals surface area contributed by atoms with Gasteiger partial charge in [0.05, 0.1) is 22.3 Å². The molecule has 0 saturated carbocycles. The number of nitrogens with zero attached hydrogens (tertiary/aromatic N) is 4. The van der Waals surface area contributed by atoms with Gasteiger partial charge >= 0.3 is 0 Å². The highest BCUT2D eigenvalue weighted by Gasteiger charge is 2.24. The van der Waals surface area contributed by atoms with Crippen molar-refractivity contribution in [3.63, 3.8) is 0 Å². The van der Waals surface area contributed by atoms with Gasteiger partial charge in [-0.2, -0.15) is 0 Å². The average Bonchev–Trinajstić information content (AvgIpc) is 3.97. The largest absolute Gasteiger partial charge is 0.456 e. The van der Waals surface area contributed by atoms with Crippen LogP contribution in [0.3, 0.4) is 0 Å². The molecule has 0 fully saturated rings. The fourth-order valence-corrected chi connectivity index (χ4v) is 10.7. The van der Waals surface area contributed by atoms with Gasteiger partial charge in [-0.25, -0.2) is 15.0 Å². The molecular formula is C53H32N4OS. The highest BCUT2D eigenvalue weighted by atomic mass is 32.1. The highest BCUT2D eigenvalue weighted by Crippen LogP contribution is 2.46. The van der Waals surface area contributed by atoms with Gasteiger partial charge in [0.1, 0.15) is 11.3 Å². The van der Waals surface area contributed by atoms with Crippen LogP contribution in [-0.2, 0) is 6.42 Å². The summed E-state index contributed by atoms with van der Waals surface area (Å²) in [6.45, 7) is 0. The van der Waals surface area contributed by atoms with Gasteiger partial charge in [0.25, 0.3) is 0 Å². The summed E-state index contributed by atoms with van der Waals surface area (Å²) in [4.78, 5) is 16.0. The van der Waals surface area contributed by atoms with Crippen molar-refractivity contribution in [1.29, 1.82) is 0 Å². The Labute approximate surface area is 342 Å². The van der Waals surface area contributed by atoms with Gasteiger partial charge in [-0.15, -0.1) is 11.3 Å². The number of furan rings is 1. The molecule has 4 aromatic heterocycles. The molecule has 6 heteroatoms. The number of fused-ring (bicyclic) bond motifs is 11. The number of thiophene rings is 1. The van der Waals surface area contributed by atoms with E-state index in [4.69, 9.17) is 19.4 Å². The predicted octanol–water partition coefficient (Wildman–Crippen LogP) is 14.3. The van der Waals surface area contributed by atoms with Crippen LogP contribution in [0, 0.1) is 0 Å². The second kappa shape index (κ2) is 12.5. The Hall–Kier alpha value is -7.41. The minimum atomic E-state index is 0.589. The normalized spacial score (nSPS) is 12.9. The van der Waals surface area contributed by atoms with Crippen LogP contribution in [0.4, 0.5) is 0 Å². The number of hydrogen-bond acceptors (Lipinski definition) is 5. The minimum absolute atomic E-state index is 0.589. The van der Waals surface area contributed by atoms with E-state index in [1.165, 1.54) is 53.6 Å². The van der Waals surface area contributed by atoms with E-state index in [0.29, 0.717) is 17.5 Å². The summed E-state index contributed by atoms with van der Waals surface area (Å²) in [6.07, 6.45) is 6.23. The van der Waals surface area contributed by atoms with Gasteiger partial charge < -0.3 is 8.98 Å². The number of aromatic nitrogens is 4. The standard InChI is InChI=1S/C53H32N4OS/c1-2-15-33-30-45-42(29-32(33)14-1)35-18-5-8-24-43(35)57(45)44-28-27-41(50-48(44)39-20-7-10-26-47(39)59-50)53-55-51(38-22-11-16-31-13-3-4-17-34(31)38)54-52(56-53)40-23-12-21-37-36-19-6-9-25-46(36)58-49(37)40/h1-5,7-18,20-30H,6,19H2. The molecule has 0 atom stereocenters. The van der Waals surface area contributed by atoms with Crippen molar-refractivity contribution in [2.24, 2.45) is 0 Å². The molecule has 0 spiro atoms. The molecule has 0 N–H and O–H groups in total. The van der Waals surface area contributed by atoms with E-state index in [1.807, 2.05) is 0 Å². The van der Waals surface area contributed by atoms with Gasteiger partial charge in [-0.3, -0.25) is 0 Å². The molecule has 1 aliphatic carbocycles.